The first kappa shape index (κ1) is 15.2. The molecule has 0 aromatic carbocycles. The predicted octanol–water partition coefficient (Wildman–Crippen LogP) is 2.48. The van der Waals surface area contributed by atoms with Gasteiger partial charge in [0.25, 0.3) is 0 Å². The van der Waals surface area contributed by atoms with Crippen LogP contribution in [0.25, 0.3) is 11.3 Å². The summed E-state index contributed by atoms with van der Waals surface area (Å²) in [6.45, 7) is 1.89. The second kappa shape index (κ2) is 6.21. The van der Waals surface area contributed by atoms with Gasteiger partial charge in [-0.2, -0.15) is 10.4 Å². The Kier molecular flexibility index (Phi) is 4.30. The molecule has 1 saturated heterocycles. The van der Waals surface area contributed by atoms with E-state index in [0.29, 0.717) is 22.2 Å². The van der Waals surface area contributed by atoms with Crippen LogP contribution in [-0.4, -0.2) is 32.5 Å². The molecule has 114 valence electrons. The molecule has 1 aliphatic heterocycles. The standard InChI is InChI=1S/C14H16ClN6P/c15-12-4-3-9(7-18-12)13-11(6-16)14(17)21(19-13)10-2-1-5-20(22)8-10/h3-4,7,10H,1-2,5,8,17,22H2. The van der Waals surface area contributed by atoms with E-state index in [1.54, 1.807) is 23.0 Å². The van der Waals surface area contributed by atoms with Crippen molar-refractivity contribution in [1.82, 2.24) is 19.4 Å². The molecule has 0 saturated carbocycles. The van der Waals surface area contributed by atoms with Crippen LogP contribution in [-0.2, 0) is 0 Å². The molecule has 0 aliphatic carbocycles. The van der Waals surface area contributed by atoms with E-state index in [1.807, 2.05) is 0 Å². The van der Waals surface area contributed by atoms with Crippen molar-refractivity contribution in [3.63, 3.8) is 0 Å². The Labute approximate surface area is 136 Å². The van der Waals surface area contributed by atoms with Crippen molar-refractivity contribution in [2.75, 3.05) is 18.8 Å². The smallest absolute Gasteiger partial charge is 0.140 e. The summed E-state index contributed by atoms with van der Waals surface area (Å²) in [6.07, 6.45) is 3.69. The minimum absolute atomic E-state index is 0.173. The number of nitrogen functional groups attached to an aromatic ring is 1. The van der Waals surface area contributed by atoms with Crippen LogP contribution in [0.1, 0.15) is 24.4 Å². The van der Waals surface area contributed by atoms with Gasteiger partial charge >= 0.3 is 0 Å². The number of hydrogen-bond acceptors (Lipinski definition) is 5. The van der Waals surface area contributed by atoms with Gasteiger partial charge < -0.3 is 5.73 Å². The van der Waals surface area contributed by atoms with Gasteiger partial charge in [0.1, 0.15) is 28.3 Å². The largest absolute Gasteiger partial charge is 0.383 e. The van der Waals surface area contributed by atoms with E-state index in [-0.39, 0.29) is 6.04 Å². The molecule has 6 nitrogen and oxygen atoms in total. The van der Waals surface area contributed by atoms with Crippen molar-refractivity contribution < 1.29 is 0 Å². The van der Waals surface area contributed by atoms with E-state index in [2.05, 4.69) is 30.2 Å². The van der Waals surface area contributed by atoms with Gasteiger partial charge in [-0.3, -0.25) is 4.67 Å². The third-order valence-corrected chi connectivity index (χ3v) is 4.53. The maximum atomic E-state index is 9.43. The first-order valence-electron chi connectivity index (χ1n) is 6.99. The Hall–Kier alpha value is -1.67. The predicted molar refractivity (Wildman–Crippen MR) is 89.1 cm³/mol. The Morgan fingerprint density at radius 3 is 2.91 bits per heavy atom. The molecule has 0 bridgehead atoms. The zero-order valence-electron chi connectivity index (χ0n) is 11.9. The number of rotatable bonds is 2. The molecule has 2 unspecified atom stereocenters. The first-order valence-corrected chi connectivity index (χ1v) is 7.89. The molecule has 0 radical (unpaired) electrons. The van der Waals surface area contributed by atoms with E-state index in [9.17, 15) is 5.26 Å². The van der Waals surface area contributed by atoms with E-state index >= 15 is 0 Å². The van der Waals surface area contributed by atoms with Crippen molar-refractivity contribution in [1.29, 1.82) is 5.26 Å². The molecular formula is C14H16ClN6P. The summed E-state index contributed by atoms with van der Waals surface area (Å²) in [6, 6.07) is 5.81. The summed E-state index contributed by atoms with van der Waals surface area (Å²) in [7, 11) is 2.72. The molecule has 0 amide bonds. The molecule has 2 atom stereocenters. The quantitative estimate of drug-likeness (QED) is 0.673. The van der Waals surface area contributed by atoms with Crippen LogP contribution in [0.5, 0.6) is 0 Å². The number of nitriles is 1. The van der Waals surface area contributed by atoms with Gasteiger partial charge in [-0.15, -0.1) is 0 Å². The van der Waals surface area contributed by atoms with Crippen LogP contribution in [0, 0.1) is 11.3 Å². The minimum Gasteiger partial charge on any atom is -0.383 e. The van der Waals surface area contributed by atoms with Crippen molar-refractivity contribution >= 4 is 26.8 Å². The van der Waals surface area contributed by atoms with Gasteiger partial charge in [0.2, 0.25) is 0 Å². The fourth-order valence-corrected chi connectivity index (χ4v) is 3.27. The highest BCUT2D eigenvalue weighted by atomic mass is 35.5. The second-order valence-corrected chi connectivity index (χ2v) is 6.44. The topological polar surface area (TPSA) is 83.8 Å². The van der Waals surface area contributed by atoms with E-state index in [1.165, 1.54) is 0 Å². The zero-order chi connectivity index (χ0) is 15.7. The summed E-state index contributed by atoms with van der Waals surface area (Å²) in [5.74, 6) is 0.415. The lowest BCUT2D eigenvalue weighted by Gasteiger charge is -2.29. The molecular weight excluding hydrogens is 319 g/mol. The number of anilines is 1. The molecule has 3 heterocycles. The summed E-state index contributed by atoms with van der Waals surface area (Å²) < 4.78 is 3.95. The molecule has 8 heteroatoms. The average molecular weight is 335 g/mol. The fourth-order valence-electron chi connectivity index (χ4n) is 2.74. The average Bonchev–Trinajstić information content (AvgIpc) is 2.85. The lowest BCUT2D eigenvalue weighted by atomic mass is 10.1. The van der Waals surface area contributed by atoms with Crippen molar-refractivity contribution in [2.45, 2.75) is 18.9 Å². The number of hydrogen-bond donors (Lipinski definition) is 1. The van der Waals surface area contributed by atoms with Gasteiger partial charge in [0.15, 0.2) is 0 Å². The van der Waals surface area contributed by atoms with Crippen molar-refractivity contribution in [3.05, 3.63) is 29.0 Å². The van der Waals surface area contributed by atoms with Gasteiger partial charge in [-0.25, -0.2) is 9.67 Å². The van der Waals surface area contributed by atoms with E-state index < -0.39 is 0 Å². The first-order chi connectivity index (χ1) is 10.6. The summed E-state index contributed by atoms with van der Waals surface area (Å²) in [4.78, 5) is 4.05. The van der Waals surface area contributed by atoms with Crippen LogP contribution in [0.4, 0.5) is 5.82 Å². The van der Waals surface area contributed by atoms with Gasteiger partial charge in [-0.1, -0.05) is 21.0 Å². The molecule has 0 spiro atoms. The van der Waals surface area contributed by atoms with Gasteiger partial charge in [0.05, 0.1) is 6.04 Å². The zero-order valence-corrected chi connectivity index (χ0v) is 13.8. The lowest BCUT2D eigenvalue weighted by molar-refractivity contribution is 0.271. The fraction of sp³-hybridized carbons (Fsp3) is 0.357. The monoisotopic (exact) mass is 334 g/mol. The Morgan fingerprint density at radius 1 is 1.45 bits per heavy atom. The molecule has 1 fully saturated rings. The normalized spacial score (nSPS) is 19.0. The van der Waals surface area contributed by atoms with Crippen LogP contribution < -0.4 is 5.73 Å². The molecule has 2 aromatic heterocycles. The highest BCUT2D eigenvalue weighted by Crippen LogP contribution is 2.32. The molecule has 3 rings (SSSR count). The van der Waals surface area contributed by atoms with Crippen molar-refractivity contribution in [3.8, 4) is 17.3 Å². The second-order valence-electron chi connectivity index (χ2n) is 5.33. The minimum atomic E-state index is 0.173. The van der Waals surface area contributed by atoms with Crippen LogP contribution >= 0.6 is 21.0 Å². The number of pyridine rings is 1. The summed E-state index contributed by atoms with van der Waals surface area (Å²) in [5.41, 5.74) is 7.86. The molecule has 1 aliphatic rings. The van der Waals surface area contributed by atoms with Crippen LogP contribution in [0.3, 0.4) is 0 Å². The number of aromatic nitrogens is 3. The number of halogens is 1. The maximum Gasteiger partial charge on any atom is 0.140 e. The summed E-state index contributed by atoms with van der Waals surface area (Å²) in [5, 5.41) is 14.4. The van der Waals surface area contributed by atoms with Crippen LogP contribution in [0.2, 0.25) is 5.15 Å². The lowest BCUT2D eigenvalue weighted by Crippen LogP contribution is -2.31. The summed E-state index contributed by atoms with van der Waals surface area (Å²) >= 11 is 5.81. The molecule has 22 heavy (non-hydrogen) atoms. The van der Waals surface area contributed by atoms with Gasteiger partial charge in [0, 0.05) is 24.8 Å². The third kappa shape index (κ3) is 2.80. The molecule has 2 N–H and O–H groups in total. The number of nitrogens with two attached hydrogens (primary N) is 1. The molecule has 2 aromatic rings. The van der Waals surface area contributed by atoms with Crippen LogP contribution in [0.15, 0.2) is 18.3 Å². The Bertz CT molecular complexity index is 720. The number of nitrogens with zero attached hydrogens (tertiary/aromatic N) is 5. The van der Waals surface area contributed by atoms with Crippen molar-refractivity contribution in [2.24, 2.45) is 0 Å². The van der Waals surface area contributed by atoms with Gasteiger partial charge in [-0.05, 0) is 25.0 Å². The van der Waals surface area contributed by atoms with E-state index in [4.69, 9.17) is 17.3 Å². The number of piperidine rings is 1. The Balaban J connectivity index is 2.03. The Morgan fingerprint density at radius 2 is 2.27 bits per heavy atom. The van der Waals surface area contributed by atoms with E-state index in [0.717, 1.165) is 31.5 Å². The highest BCUT2D eigenvalue weighted by molar-refractivity contribution is 7.13. The third-order valence-electron chi connectivity index (χ3n) is 3.83. The highest BCUT2D eigenvalue weighted by Gasteiger charge is 2.25. The SMILES string of the molecule is N#Cc1c(-c2ccc(Cl)nc2)nn(C2CCCN(P)C2)c1N. The maximum absolute atomic E-state index is 9.43.